The summed E-state index contributed by atoms with van der Waals surface area (Å²) in [5.41, 5.74) is 4.89. The maximum Gasteiger partial charge on any atom is 0.167 e. The van der Waals surface area contributed by atoms with Crippen LogP contribution in [0.5, 0.6) is 0 Å². The van der Waals surface area contributed by atoms with Crippen molar-refractivity contribution < 1.29 is 9.18 Å². The molecule has 2 heteroatoms. The number of hydrogen-bond donors (Lipinski definition) is 0. The second-order valence-electron chi connectivity index (χ2n) is 4.99. The first-order chi connectivity index (χ1) is 8.97. The number of carbonyl (C=O) groups excluding carboxylic acids is 1. The minimum Gasteiger partial charge on any atom is -0.294 e. The van der Waals surface area contributed by atoms with Crippen LogP contribution >= 0.6 is 0 Å². The van der Waals surface area contributed by atoms with Crippen LogP contribution in [0.15, 0.2) is 36.4 Å². The molecule has 0 heterocycles. The number of carbonyl (C=O) groups is 1. The summed E-state index contributed by atoms with van der Waals surface area (Å²) in [6.07, 6.45) is 0.321. The lowest BCUT2D eigenvalue weighted by Gasteiger charge is -2.10. The second kappa shape index (κ2) is 5.35. The number of rotatable bonds is 3. The fourth-order valence-corrected chi connectivity index (χ4v) is 2.41. The SMILES string of the molecule is Cc1cc(C)c(CC(=O)c2cccc(F)c2)c(C)c1. The van der Waals surface area contributed by atoms with Crippen LogP contribution in [0.4, 0.5) is 4.39 Å². The standard InChI is InChI=1S/C17H17FO/c1-11-7-12(2)16(13(3)8-11)10-17(19)14-5-4-6-15(18)9-14/h4-9H,10H2,1-3H3. The zero-order valence-electron chi connectivity index (χ0n) is 11.5. The van der Waals surface area contributed by atoms with E-state index in [4.69, 9.17) is 0 Å². The molecule has 2 aromatic carbocycles. The Morgan fingerprint density at radius 1 is 1.05 bits per heavy atom. The normalized spacial score (nSPS) is 10.5. The van der Waals surface area contributed by atoms with Gasteiger partial charge in [0.05, 0.1) is 0 Å². The summed E-state index contributed by atoms with van der Waals surface area (Å²) < 4.78 is 13.1. The molecule has 19 heavy (non-hydrogen) atoms. The van der Waals surface area contributed by atoms with Crippen LogP contribution in [-0.2, 0) is 6.42 Å². The minimum atomic E-state index is -0.372. The summed E-state index contributed by atoms with van der Waals surface area (Å²) in [4.78, 5) is 12.2. The Hall–Kier alpha value is -1.96. The van der Waals surface area contributed by atoms with Gasteiger partial charge in [-0.05, 0) is 49.6 Å². The maximum atomic E-state index is 13.1. The van der Waals surface area contributed by atoms with Gasteiger partial charge in [0, 0.05) is 12.0 Å². The van der Waals surface area contributed by atoms with Gasteiger partial charge in [0.1, 0.15) is 5.82 Å². The fourth-order valence-electron chi connectivity index (χ4n) is 2.41. The van der Waals surface area contributed by atoms with E-state index in [1.165, 1.54) is 17.7 Å². The molecule has 98 valence electrons. The molecule has 0 aliphatic rings. The summed E-state index contributed by atoms with van der Waals surface area (Å²) in [5, 5.41) is 0. The van der Waals surface area contributed by atoms with E-state index in [2.05, 4.69) is 12.1 Å². The molecular weight excluding hydrogens is 239 g/mol. The van der Waals surface area contributed by atoms with E-state index < -0.39 is 0 Å². The Morgan fingerprint density at radius 3 is 2.26 bits per heavy atom. The molecule has 0 saturated heterocycles. The van der Waals surface area contributed by atoms with E-state index in [9.17, 15) is 9.18 Å². The maximum absolute atomic E-state index is 13.1. The van der Waals surface area contributed by atoms with Gasteiger partial charge < -0.3 is 0 Å². The molecule has 0 aromatic heterocycles. The monoisotopic (exact) mass is 256 g/mol. The van der Waals surface area contributed by atoms with Crippen molar-refractivity contribution in [2.24, 2.45) is 0 Å². The molecule has 0 unspecified atom stereocenters. The Bertz CT molecular complexity index is 606. The van der Waals surface area contributed by atoms with E-state index >= 15 is 0 Å². The zero-order chi connectivity index (χ0) is 14.0. The molecule has 0 N–H and O–H groups in total. The van der Waals surface area contributed by atoms with Gasteiger partial charge in [-0.25, -0.2) is 4.39 Å². The summed E-state index contributed by atoms with van der Waals surface area (Å²) in [6.45, 7) is 6.06. The molecule has 0 saturated carbocycles. The molecule has 0 bridgehead atoms. The fraction of sp³-hybridized carbons (Fsp3) is 0.235. The lowest BCUT2D eigenvalue weighted by Crippen LogP contribution is -2.07. The van der Waals surface area contributed by atoms with Crippen LogP contribution in [0.1, 0.15) is 32.6 Å². The Kier molecular flexibility index (Phi) is 3.79. The van der Waals surface area contributed by atoms with Crippen LogP contribution in [0.3, 0.4) is 0 Å². The Labute approximate surface area is 113 Å². The highest BCUT2D eigenvalue weighted by atomic mass is 19.1. The predicted octanol–water partition coefficient (Wildman–Crippen LogP) is 4.18. The first-order valence-electron chi connectivity index (χ1n) is 6.33. The predicted molar refractivity (Wildman–Crippen MR) is 75.1 cm³/mol. The first kappa shape index (κ1) is 13.5. The van der Waals surface area contributed by atoms with Crippen molar-refractivity contribution in [3.8, 4) is 0 Å². The minimum absolute atomic E-state index is 0.0467. The molecule has 0 spiro atoms. The van der Waals surface area contributed by atoms with Crippen molar-refractivity contribution >= 4 is 5.78 Å². The van der Waals surface area contributed by atoms with Gasteiger partial charge in [-0.15, -0.1) is 0 Å². The van der Waals surface area contributed by atoms with Crippen LogP contribution in [0.25, 0.3) is 0 Å². The molecular formula is C17H17FO. The van der Waals surface area contributed by atoms with Crippen molar-refractivity contribution in [3.63, 3.8) is 0 Å². The van der Waals surface area contributed by atoms with E-state index in [0.717, 1.165) is 16.7 Å². The third kappa shape index (κ3) is 3.08. The number of benzene rings is 2. The van der Waals surface area contributed by atoms with Crippen molar-refractivity contribution in [1.82, 2.24) is 0 Å². The van der Waals surface area contributed by atoms with E-state index in [1.54, 1.807) is 12.1 Å². The highest BCUT2D eigenvalue weighted by Crippen LogP contribution is 2.19. The van der Waals surface area contributed by atoms with E-state index in [-0.39, 0.29) is 11.6 Å². The molecule has 0 fully saturated rings. The lowest BCUT2D eigenvalue weighted by atomic mass is 9.94. The molecule has 2 aromatic rings. The molecule has 0 atom stereocenters. The zero-order valence-corrected chi connectivity index (χ0v) is 11.5. The van der Waals surface area contributed by atoms with Crippen molar-refractivity contribution in [2.75, 3.05) is 0 Å². The molecule has 1 nitrogen and oxygen atoms in total. The molecule has 0 amide bonds. The summed E-state index contributed by atoms with van der Waals surface area (Å²) >= 11 is 0. The summed E-state index contributed by atoms with van der Waals surface area (Å²) in [6, 6.07) is 10.0. The Morgan fingerprint density at radius 2 is 1.68 bits per heavy atom. The van der Waals surface area contributed by atoms with Crippen LogP contribution in [-0.4, -0.2) is 5.78 Å². The number of Topliss-reactive ketones (excluding diaryl/α,β-unsaturated/α-hetero) is 1. The van der Waals surface area contributed by atoms with E-state index in [1.807, 2.05) is 20.8 Å². The number of halogens is 1. The van der Waals surface area contributed by atoms with Gasteiger partial charge in [-0.1, -0.05) is 29.8 Å². The van der Waals surface area contributed by atoms with Gasteiger partial charge in [0.15, 0.2) is 5.78 Å². The number of ketones is 1. The topological polar surface area (TPSA) is 17.1 Å². The highest BCUT2D eigenvalue weighted by Gasteiger charge is 2.12. The van der Waals surface area contributed by atoms with Crippen molar-refractivity contribution in [3.05, 3.63) is 70.0 Å². The van der Waals surface area contributed by atoms with Crippen LogP contribution in [0.2, 0.25) is 0 Å². The van der Waals surface area contributed by atoms with Gasteiger partial charge in [0.2, 0.25) is 0 Å². The largest absolute Gasteiger partial charge is 0.294 e. The van der Waals surface area contributed by atoms with Gasteiger partial charge >= 0.3 is 0 Å². The van der Waals surface area contributed by atoms with Crippen molar-refractivity contribution in [1.29, 1.82) is 0 Å². The first-order valence-corrected chi connectivity index (χ1v) is 6.33. The number of hydrogen-bond acceptors (Lipinski definition) is 1. The smallest absolute Gasteiger partial charge is 0.167 e. The van der Waals surface area contributed by atoms with Crippen LogP contribution < -0.4 is 0 Å². The quantitative estimate of drug-likeness (QED) is 0.753. The third-order valence-corrected chi connectivity index (χ3v) is 3.32. The summed E-state index contributed by atoms with van der Waals surface area (Å²) in [7, 11) is 0. The van der Waals surface area contributed by atoms with Gasteiger partial charge in [-0.2, -0.15) is 0 Å². The third-order valence-electron chi connectivity index (χ3n) is 3.32. The average molecular weight is 256 g/mol. The number of aryl methyl sites for hydroxylation is 3. The highest BCUT2D eigenvalue weighted by molar-refractivity contribution is 5.97. The summed E-state index contributed by atoms with van der Waals surface area (Å²) in [5.74, 6) is -0.419. The van der Waals surface area contributed by atoms with Gasteiger partial charge in [0.25, 0.3) is 0 Å². The Balaban J connectivity index is 2.29. The average Bonchev–Trinajstić information content (AvgIpc) is 2.33. The molecule has 0 radical (unpaired) electrons. The van der Waals surface area contributed by atoms with Gasteiger partial charge in [-0.3, -0.25) is 4.79 Å². The molecule has 2 rings (SSSR count). The molecule has 0 aliphatic carbocycles. The molecule has 0 aliphatic heterocycles. The lowest BCUT2D eigenvalue weighted by molar-refractivity contribution is 0.0992. The second-order valence-corrected chi connectivity index (χ2v) is 4.99. The van der Waals surface area contributed by atoms with Crippen LogP contribution in [0, 0.1) is 26.6 Å². The van der Waals surface area contributed by atoms with E-state index in [0.29, 0.717) is 12.0 Å². The van der Waals surface area contributed by atoms with Crippen molar-refractivity contribution in [2.45, 2.75) is 27.2 Å².